The second-order valence-electron chi connectivity index (χ2n) is 7.03. The second kappa shape index (κ2) is 7.75. The minimum absolute atomic E-state index is 0.129. The van der Waals surface area contributed by atoms with Crippen LogP contribution in [0.25, 0.3) is 0 Å². The Morgan fingerprint density at radius 3 is 2.73 bits per heavy atom. The summed E-state index contributed by atoms with van der Waals surface area (Å²) in [5.41, 5.74) is 0.893. The number of esters is 1. The lowest BCUT2D eigenvalue weighted by Gasteiger charge is -2.33. The van der Waals surface area contributed by atoms with Crippen LogP contribution in [0.1, 0.15) is 39.2 Å². The number of benzene rings is 1. The summed E-state index contributed by atoms with van der Waals surface area (Å²) >= 11 is 0. The zero-order valence-corrected chi connectivity index (χ0v) is 14.0. The number of rotatable bonds is 5. The fraction of sp³-hybridized carbons (Fsp3) is 0.611. The molecule has 4 heteroatoms. The zero-order chi connectivity index (χ0) is 16.0. The van der Waals surface area contributed by atoms with E-state index in [4.69, 9.17) is 4.74 Å². The predicted octanol–water partition coefficient (Wildman–Crippen LogP) is 2.58. The number of piperidine rings is 1. The van der Waals surface area contributed by atoms with Gasteiger partial charge in [-0.2, -0.15) is 0 Å². The van der Waals surface area contributed by atoms with Gasteiger partial charge in [0.15, 0.2) is 0 Å². The van der Waals surface area contributed by atoms with Gasteiger partial charge in [0.1, 0.15) is 5.60 Å². The average molecular weight is 304 g/mol. The van der Waals surface area contributed by atoms with Gasteiger partial charge in [0.2, 0.25) is 0 Å². The van der Waals surface area contributed by atoms with E-state index in [0.29, 0.717) is 12.6 Å². The largest absolute Gasteiger partial charge is 0.459 e. The van der Waals surface area contributed by atoms with Gasteiger partial charge in [-0.1, -0.05) is 30.3 Å². The maximum Gasteiger partial charge on any atom is 0.320 e. The molecule has 0 amide bonds. The van der Waals surface area contributed by atoms with Crippen molar-refractivity contribution in [2.75, 3.05) is 19.6 Å². The van der Waals surface area contributed by atoms with Crippen molar-refractivity contribution in [3.63, 3.8) is 0 Å². The average Bonchev–Trinajstić information content (AvgIpc) is 2.44. The van der Waals surface area contributed by atoms with Crippen LogP contribution in [0.15, 0.2) is 30.3 Å². The lowest BCUT2D eigenvalue weighted by Crippen LogP contribution is -2.47. The maximum absolute atomic E-state index is 11.9. The molecule has 1 saturated heterocycles. The molecule has 1 fully saturated rings. The third-order valence-electron chi connectivity index (χ3n) is 3.72. The van der Waals surface area contributed by atoms with Crippen LogP contribution in [0.2, 0.25) is 0 Å². The molecule has 22 heavy (non-hydrogen) atoms. The van der Waals surface area contributed by atoms with E-state index in [-0.39, 0.29) is 5.97 Å². The molecule has 1 aromatic carbocycles. The highest BCUT2D eigenvalue weighted by atomic mass is 16.6. The third-order valence-corrected chi connectivity index (χ3v) is 3.72. The van der Waals surface area contributed by atoms with Crippen molar-refractivity contribution >= 4 is 5.97 Å². The van der Waals surface area contributed by atoms with E-state index in [1.54, 1.807) is 0 Å². The molecule has 4 nitrogen and oxygen atoms in total. The van der Waals surface area contributed by atoms with Crippen LogP contribution in [-0.4, -0.2) is 42.1 Å². The fourth-order valence-electron chi connectivity index (χ4n) is 2.78. The smallest absolute Gasteiger partial charge is 0.320 e. The summed E-state index contributed by atoms with van der Waals surface area (Å²) in [6, 6.07) is 10.9. The Kier molecular flexibility index (Phi) is 5.98. The predicted molar refractivity (Wildman–Crippen MR) is 88.6 cm³/mol. The summed E-state index contributed by atoms with van der Waals surface area (Å²) in [6.45, 7) is 8.88. The Morgan fingerprint density at radius 2 is 2.05 bits per heavy atom. The van der Waals surface area contributed by atoms with Crippen molar-refractivity contribution in [1.29, 1.82) is 0 Å². The van der Waals surface area contributed by atoms with Gasteiger partial charge in [0, 0.05) is 19.1 Å². The third kappa shape index (κ3) is 6.16. The Balaban J connectivity index is 1.75. The molecule has 1 aromatic rings. The highest BCUT2D eigenvalue weighted by Crippen LogP contribution is 2.13. The number of carbonyl (C=O) groups excluding carboxylic acids is 1. The molecule has 0 spiro atoms. The van der Waals surface area contributed by atoms with Crippen LogP contribution in [0.5, 0.6) is 0 Å². The van der Waals surface area contributed by atoms with Gasteiger partial charge >= 0.3 is 5.97 Å². The van der Waals surface area contributed by atoms with E-state index >= 15 is 0 Å². The van der Waals surface area contributed by atoms with Crippen molar-refractivity contribution in [2.45, 2.75) is 51.8 Å². The van der Waals surface area contributed by atoms with Gasteiger partial charge < -0.3 is 10.1 Å². The van der Waals surface area contributed by atoms with Crippen LogP contribution in [0.4, 0.5) is 0 Å². The number of likely N-dealkylation sites (tertiary alicyclic amines) is 1. The molecule has 1 heterocycles. The molecule has 1 N–H and O–H groups in total. The summed E-state index contributed by atoms with van der Waals surface area (Å²) < 4.78 is 5.40. The summed E-state index contributed by atoms with van der Waals surface area (Å²) in [4.78, 5) is 14.1. The second-order valence-corrected chi connectivity index (χ2v) is 7.03. The molecule has 122 valence electrons. The molecular weight excluding hydrogens is 276 g/mol. The Bertz CT molecular complexity index is 468. The van der Waals surface area contributed by atoms with E-state index in [1.807, 2.05) is 26.8 Å². The molecule has 0 bridgehead atoms. The van der Waals surface area contributed by atoms with E-state index in [2.05, 4.69) is 34.5 Å². The topological polar surface area (TPSA) is 41.6 Å². The number of ether oxygens (including phenoxy) is 1. The van der Waals surface area contributed by atoms with Gasteiger partial charge in [-0.05, 0) is 45.7 Å². The first-order valence-corrected chi connectivity index (χ1v) is 8.14. The highest BCUT2D eigenvalue weighted by molar-refractivity contribution is 5.72. The number of hydrogen-bond donors (Lipinski definition) is 1. The van der Waals surface area contributed by atoms with Crippen molar-refractivity contribution in [2.24, 2.45) is 0 Å². The van der Waals surface area contributed by atoms with Crippen LogP contribution in [0, 0.1) is 0 Å². The minimum atomic E-state index is -0.405. The standard InChI is InChI=1S/C18H28N2O2/c1-18(2,3)22-17(21)14-20-11-7-10-16(13-20)19-12-15-8-5-4-6-9-15/h4-6,8-9,16,19H,7,10-14H2,1-3H3. The van der Waals surface area contributed by atoms with Crippen LogP contribution in [-0.2, 0) is 16.1 Å². The monoisotopic (exact) mass is 304 g/mol. The molecule has 1 atom stereocenters. The van der Waals surface area contributed by atoms with Crippen LogP contribution in [0.3, 0.4) is 0 Å². The Hall–Kier alpha value is -1.39. The molecule has 0 radical (unpaired) electrons. The van der Waals surface area contributed by atoms with Crippen molar-refractivity contribution in [3.8, 4) is 0 Å². The molecular formula is C18H28N2O2. The minimum Gasteiger partial charge on any atom is -0.459 e. The summed E-state index contributed by atoms with van der Waals surface area (Å²) in [5.74, 6) is -0.129. The Morgan fingerprint density at radius 1 is 1.32 bits per heavy atom. The van der Waals surface area contributed by atoms with E-state index in [9.17, 15) is 4.79 Å². The number of carbonyl (C=O) groups is 1. The Labute approximate surface area is 133 Å². The van der Waals surface area contributed by atoms with E-state index in [0.717, 1.165) is 32.5 Å². The number of hydrogen-bond acceptors (Lipinski definition) is 4. The van der Waals surface area contributed by atoms with Gasteiger partial charge in [-0.25, -0.2) is 0 Å². The first-order chi connectivity index (χ1) is 10.4. The normalized spacial score (nSPS) is 19.9. The molecule has 0 aromatic heterocycles. The SMILES string of the molecule is CC(C)(C)OC(=O)CN1CCCC(NCc2ccccc2)C1. The van der Waals surface area contributed by atoms with Gasteiger partial charge in [0.25, 0.3) is 0 Å². The summed E-state index contributed by atoms with van der Waals surface area (Å²) in [7, 11) is 0. The summed E-state index contributed by atoms with van der Waals surface area (Å²) in [6.07, 6.45) is 2.28. The van der Waals surface area contributed by atoms with Crippen LogP contribution >= 0.6 is 0 Å². The molecule has 0 saturated carbocycles. The first kappa shape index (κ1) is 17.0. The van der Waals surface area contributed by atoms with Crippen molar-refractivity contribution < 1.29 is 9.53 Å². The van der Waals surface area contributed by atoms with Gasteiger partial charge in [-0.3, -0.25) is 9.69 Å². The fourth-order valence-corrected chi connectivity index (χ4v) is 2.78. The van der Waals surface area contributed by atoms with Crippen molar-refractivity contribution in [1.82, 2.24) is 10.2 Å². The number of nitrogens with one attached hydrogen (secondary N) is 1. The summed E-state index contributed by atoms with van der Waals surface area (Å²) in [5, 5.41) is 3.60. The highest BCUT2D eigenvalue weighted by Gasteiger charge is 2.23. The van der Waals surface area contributed by atoms with E-state index < -0.39 is 5.60 Å². The molecule has 2 rings (SSSR count). The number of nitrogens with zero attached hydrogens (tertiary/aromatic N) is 1. The zero-order valence-electron chi connectivity index (χ0n) is 14.0. The molecule has 1 aliphatic rings. The quantitative estimate of drug-likeness (QED) is 0.849. The van der Waals surface area contributed by atoms with Crippen LogP contribution < -0.4 is 5.32 Å². The lowest BCUT2D eigenvalue weighted by atomic mass is 10.1. The molecule has 0 aliphatic carbocycles. The van der Waals surface area contributed by atoms with E-state index in [1.165, 1.54) is 5.56 Å². The molecule has 1 aliphatic heterocycles. The van der Waals surface area contributed by atoms with Gasteiger partial charge in [-0.15, -0.1) is 0 Å². The maximum atomic E-state index is 11.9. The first-order valence-electron chi connectivity index (χ1n) is 8.14. The van der Waals surface area contributed by atoms with Crippen molar-refractivity contribution in [3.05, 3.63) is 35.9 Å². The van der Waals surface area contributed by atoms with Gasteiger partial charge in [0.05, 0.1) is 6.54 Å². The lowest BCUT2D eigenvalue weighted by molar-refractivity contribution is -0.156. The molecule has 1 unspecified atom stereocenters.